The molecule has 3 aromatic rings. The normalized spacial score (nSPS) is 11.5. The Morgan fingerprint density at radius 2 is 1.78 bits per heavy atom. The molecule has 0 aliphatic carbocycles. The second kappa shape index (κ2) is 10.5. The Bertz CT molecular complexity index is 1140. The zero-order valence-corrected chi connectivity index (χ0v) is 19.9. The van der Waals surface area contributed by atoms with Gasteiger partial charge in [-0.3, -0.25) is 9.59 Å². The highest BCUT2D eigenvalue weighted by atomic mass is 32.2. The van der Waals surface area contributed by atoms with Crippen LogP contribution in [0.15, 0.2) is 58.8 Å². The molecular weight excluding hydrogens is 444 g/mol. The number of esters is 1. The molecule has 0 spiro atoms. The standard InChI is InChI=1S/C24H24N2O4S2/c1-14-8-10-17(11-9-14)20-13-31-23(21(20)24(29)30-4)26-22(28)15(2)32-19-7-5-6-18(12-19)25-16(3)27/h5-13,15H,1-4H3,(H,25,27)(H,26,28). The van der Waals surface area contributed by atoms with Gasteiger partial charge >= 0.3 is 5.97 Å². The highest BCUT2D eigenvalue weighted by Crippen LogP contribution is 2.37. The van der Waals surface area contributed by atoms with Crippen LogP contribution in [0.2, 0.25) is 0 Å². The van der Waals surface area contributed by atoms with Crippen LogP contribution in [0.4, 0.5) is 10.7 Å². The van der Waals surface area contributed by atoms with Crippen LogP contribution in [0.1, 0.15) is 29.8 Å². The molecule has 0 saturated carbocycles. The van der Waals surface area contributed by atoms with E-state index in [0.717, 1.165) is 21.6 Å². The van der Waals surface area contributed by atoms with Crippen molar-refractivity contribution in [1.29, 1.82) is 0 Å². The number of aryl methyl sites for hydroxylation is 1. The zero-order valence-electron chi connectivity index (χ0n) is 18.2. The van der Waals surface area contributed by atoms with Crippen molar-refractivity contribution in [3.63, 3.8) is 0 Å². The molecule has 0 aliphatic heterocycles. The Labute approximate surface area is 195 Å². The van der Waals surface area contributed by atoms with Gasteiger partial charge in [-0.25, -0.2) is 4.79 Å². The van der Waals surface area contributed by atoms with Gasteiger partial charge in [-0.1, -0.05) is 35.9 Å². The van der Waals surface area contributed by atoms with Crippen LogP contribution in [-0.4, -0.2) is 30.1 Å². The molecule has 3 rings (SSSR count). The van der Waals surface area contributed by atoms with Crippen molar-refractivity contribution in [1.82, 2.24) is 0 Å². The number of anilines is 2. The molecule has 2 amide bonds. The van der Waals surface area contributed by atoms with Gasteiger partial charge in [0.15, 0.2) is 0 Å². The number of rotatable bonds is 7. The molecule has 2 aromatic carbocycles. The maximum absolute atomic E-state index is 12.9. The number of carbonyl (C=O) groups excluding carboxylic acids is 3. The van der Waals surface area contributed by atoms with Crippen molar-refractivity contribution < 1.29 is 19.1 Å². The van der Waals surface area contributed by atoms with E-state index in [9.17, 15) is 14.4 Å². The van der Waals surface area contributed by atoms with E-state index in [2.05, 4.69) is 10.6 Å². The highest BCUT2D eigenvalue weighted by molar-refractivity contribution is 8.00. The molecule has 1 unspecified atom stereocenters. The van der Waals surface area contributed by atoms with E-state index in [1.165, 1.54) is 37.1 Å². The van der Waals surface area contributed by atoms with Crippen LogP contribution in [0.5, 0.6) is 0 Å². The van der Waals surface area contributed by atoms with Gasteiger partial charge in [-0.05, 0) is 37.6 Å². The molecular formula is C24H24N2O4S2. The maximum atomic E-state index is 12.9. The summed E-state index contributed by atoms with van der Waals surface area (Å²) in [6.07, 6.45) is 0. The van der Waals surface area contributed by atoms with E-state index in [1.54, 1.807) is 13.0 Å². The lowest BCUT2D eigenvalue weighted by atomic mass is 10.0. The van der Waals surface area contributed by atoms with E-state index in [-0.39, 0.29) is 11.8 Å². The Morgan fingerprint density at radius 1 is 1.06 bits per heavy atom. The first-order chi connectivity index (χ1) is 15.3. The quantitative estimate of drug-likeness (QED) is 0.349. The van der Waals surface area contributed by atoms with Gasteiger partial charge in [-0.2, -0.15) is 0 Å². The van der Waals surface area contributed by atoms with Crippen LogP contribution in [0, 0.1) is 6.92 Å². The lowest BCUT2D eigenvalue weighted by molar-refractivity contribution is -0.115. The number of nitrogens with one attached hydrogen (secondary N) is 2. The van der Waals surface area contributed by atoms with Crippen LogP contribution >= 0.6 is 23.1 Å². The molecule has 0 aliphatic rings. The summed E-state index contributed by atoms with van der Waals surface area (Å²) < 4.78 is 4.98. The fourth-order valence-corrected chi connectivity index (χ4v) is 4.91. The summed E-state index contributed by atoms with van der Waals surface area (Å²) in [4.78, 5) is 37.5. The first kappa shape index (κ1) is 23.6. The van der Waals surface area contributed by atoms with Gasteiger partial charge in [-0.15, -0.1) is 23.1 Å². The fourth-order valence-electron chi connectivity index (χ4n) is 3.02. The third-order valence-corrected chi connectivity index (χ3v) is 6.61. The zero-order chi connectivity index (χ0) is 23.3. The minimum atomic E-state index is -0.500. The summed E-state index contributed by atoms with van der Waals surface area (Å²) in [5.74, 6) is -0.891. The Balaban J connectivity index is 1.79. The first-order valence-electron chi connectivity index (χ1n) is 9.90. The van der Waals surface area contributed by atoms with Crippen LogP contribution < -0.4 is 10.6 Å². The van der Waals surface area contributed by atoms with Crippen molar-refractivity contribution >= 4 is 51.6 Å². The summed E-state index contributed by atoms with van der Waals surface area (Å²) in [5.41, 5.74) is 3.74. The minimum Gasteiger partial charge on any atom is -0.465 e. The Hall–Kier alpha value is -3.10. The van der Waals surface area contributed by atoms with Gasteiger partial charge in [0.2, 0.25) is 11.8 Å². The van der Waals surface area contributed by atoms with Crippen LogP contribution in [0.3, 0.4) is 0 Å². The lowest BCUT2D eigenvalue weighted by Gasteiger charge is -2.13. The van der Waals surface area contributed by atoms with Crippen molar-refractivity contribution in [3.05, 3.63) is 65.0 Å². The van der Waals surface area contributed by atoms with E-state index < -0.39 is 11.2 Å². The van der Waals surface area contributed by atoms with Gasteiger partial charge < -0.3 is 15.4 Å². The Kier molecular flexibility index (Phi) is 7.71. The third kappa shape index (κ3) is 5.77. The average Bonchev–Trinajstić information content (AvgIpc) is 3.16. The predicted octanol–water partition coefficient (Wildman–Crippen LogP) is 5.59. The largest absolute Gasteiger partial charge is 0.465 e. The van der Waals surface area contributed by atoms with Crippen molar-refractivity contribution in [2.75, 3.05) is 17.7 Å². The molecule has 8 heteroatoms. The number of thioether (sulfide) groups is 1. The number of thiophene rings is 1. The summed E-state index contributed by atoms with van der Waals surface area (Å²) in [5, 5.41) is 7.49. The number of hydrogen-bond donors (Lipinski definition) is 2. The number of amides is 2. The van der Waals surface area contributed by atoms with E-state index in [4.69, 9.17) is 4.74 Å². The SMILES string of the molecule is COC(=O)c1c(-c2ccc(C)cc2)csc1NC(=O)C(C)Sc1cccc(NC(C)=O)c1. The first-order valence-corrected chi connectivity index (χ1v) is 11.7. The van der Waals surface area contributed by atoms with Crippen molar-refractivity contribution in [2.24, 2.45) is 0 Å². The molecule has 0 saturated heterocycles. The topological polar surface area (TPSA) is 84.5 Å². The molecule has 0 bridgehead atoms. The molecule has 1 atom stereocenters. The molecule has 6 nitrogen and oxygen atoms in total. The number of benzene rings is 2. The minimum absolute atomic E-state index is 0.157. The second-order valence-electron chi connectivity index (χ2n) is 7.17. The summed E-state index contributed by atoms with van der Waals surface area (Å²) in [6, 6.07) is 15.1. The lowest BCUT2D eigenvalue weighted by Crippen LogP contribution is -2.23. The van der Waals surface area contributed by atoms with Crippen LogP contribution in [0.25, 0.3) is 11.1 Å². The van der Waals surface area contributed by atoms with E-state index in [0.29, 0.717) is 16.3 Å². The highest BCUT2D eigenvalue weighted by Gasteiger charge is 2.24. The third-order valence-electron chi connectivity index (χ3n) is 4.62. The molecule has 32 heavy (non-hydrogen) atoms. The average molecular weight is 469 g/mol. The van der Waals surface area contributed by atoms with Crippen molar-refractivity contribution in [3.8, 4) is 11.1 Å². The molecule has 1 heterocycles. The number of carbonyl (C=O) groups is 3. The van der Waals surface area contributed by atoms with E-state index in [1.807, 2.05) is 54.8 Å². The summed E-state index contributed by atoms with van der Waals surface area (Å²) in [6.45, 7) is 5.23. The second-order valence-corrected chi connectivity index (χ2v) is 9.46. The number of methoxy groups -OCH3 is 1. The monoisotopic (exact) mass is 468 g/mol. The smallest absolute Gasteiger partial charge is 0.341 e. The van der Waals surface area contributed by atoms with Gasteiger partial charge in [0.1, 0.15) is 10.6 Å². The van der Waals surface area contributed by atoms with Gasteiger partial charge in [0.05, 0.1) is 12.4 Å². The summed E-state index contributed by atoms with van der Waals surface area (Å²) in [7, 11) is 1.32. The molecule has 2 N–H and O–H groups in total. The van der Waals surface area contributed by atoms with Gasteiger partial charge in [0.25, 0.3) is 0 Å². The van der Waals surface area contributed by atoms with Gasteiger partial charge in [0, 0.05) is 28.5 Å². The predicted molar refractivity (Wildman–Crippen MR) is 131 cm³/mol. The molecule has 166 valence electrons. The molecule has 0 fully saturated rings. The number of hydrogen-bond acceptors (Lipinski definition) is 6. The number of ether oxygens (including phenoxy) is 1. The van der Waals surface area contributed by atoms with Crippen molar-refractivity contribution in [2.45, 2.75) is 30.9 Å². The maximum Gasteiger partial charge on any atom is 0.341 e. The fraction of sp³-hybridized carbons (Fsp3) is 0.208. The molecule has 0 radical (unpaired) electrons. The summed E-state index contributed by atoms with van der Waals surface area (Å²) >= 11 is 2.65. The van der Waals surface area contributed by atoms with Crippen LogP contribution in [-0.2, 0) is 14.3 Å². The molecule has 1 aromatic heterocycles. The Morgan fingerprint density at radius 3 is 2.44 bits per heavy atom. The van der Waals surface area contributed by atoms with E-state index >= 15 is 0 Å².